The number of nitrogens with one attached hydrogen (secondary N) is 1. The lowest BCUT2D eigenvalue weighted by atomic mass is 10.0. The first kappa shape index (κ1) is 15.8. The van der Waals surface area contributed by atoms with E-state index in [0.717, 1.165) is 17.7 Å². The predicted molar refractivity (Wildman–Crippen MR) is 84.3 cm³/mol. The van der Waals surface area contributed by atoms with Crippen LogP contribution in [0.4, 0.5) is 4.39 Å². The smallest absolute Gasteiger partial charge is 0.129 e. The van der Waals surface area contributed by atoms with Crippen LogP contribution in [0.1, 0.15) is 30.5 Å². The van der Waals surface area contributed by atoms with Crippen LogP contribution in [0.25, 0.3) is 0 Å². The molecule has 2 aromatic carbocycles. The summed E-state index contributed by atoms with van der Waals surface area (Å²) in [5.41, 5.74) is 1.78. The van der Waals surface area contributed by atoms with Crippen LogP contribution in [-0.4, -0.2) is 7.11 Å². The van der Waals surface area contributed by atoms with Crippen molar-refractivity contribution in [1.82, 2.24) is 5.32 Å². The van der Waals surface area contributed by atoms with E-state index in [2.05, 4.69) is 12.2 Å². The minimum Gasteiger partial charge on any atom is -0.497 e. The third-order valence-electron chi connectivity index (χ3n) is 3.48. The molecule has 0 bridgehead atoms. The molecule has 0 heterocycles. The molecular weight excluding hydrogens is 289 g/mol. The first-order valence-corrected chi connectivity index (χ1v) is 7.33. The molecule has 0 radical (unpaired) electrons. The van der Waals surface area contributed by atoms with Crippen LogP contribution in [0.2, 0.25) is 5.02 Å². The van der Waals surface area contributed by atoms with Gasteiger partial charge in [0, 0.05) is 23.2 Å². The highest BCUT2D eigenvalue weighted by Crippen LogP contribution is 2.21. The number of halogens is 2. The van der Waals surface area contributed by atoms with Crippen molar-refractivity contribution in [1.29, 1.82) is 0 Å². The molecule has 2 rings (SSSR count). The minimum atomic E-state index is -0.278. The molecule has 0 aliphatic heterocycles. The number of rotatable bonds is 6. The molecule has 0 aromatic heterocycles. The van der Waals surface area contributed by atoms with Crippen molar-refractivity contribution >= 4 is 11.6 Å². The zero-order valence-electron chi connectivity index (χ0n) is 12.2. The fourth-order valence-electron chi connectivity index (χ4n) is 2.23. The highest BCUT2D eigenvalue weighted by molar-refractivity contribution is 6.30. The van der Waals surface area contributed by atoms with Gasteiger partial charge in [-0.05, 0) is 36.2 Å². The molecule has 0 spiro atoms. The summed E-state index contributed by atoms with van der Waals surface area (Å²) >= 11 is 5.76. The number of hydrogen-bond acceptors (Lipinski definition) is 2. The summed E-state index contributed by atoms with van der Waals surface area (Å²) in [6.07, 6.45) is 0.918. The summed E-state index contributed by atoms with van der Waals surface area (Å²) in [5.74, 6) is 0.553. The van der Waals surface area contributed by atoms with Crippen LogP contribution in [0.15, 0.2) is 42.5 Å². The van der Waals surface area contributed by atoms with Crippen LogP contribution >= 0.6 is 11.6 Å². The van der Waals surface area contributed by atoms with E-state index in [1.807, 2.05) is 24.3 Å². The van der Waals surface area contributed by atoms with E-state index in [9.17, 15) is 4.39 Å². The van der Waals surface area contributed by atoms with Gasteiger partial charge in [0.05, 0.1) is 7.11 Å². The van der Waals surface area contributed by atoms with Crippen LogP contribution in [0.5, 0.6) is 5.75 Å². The quantitative estimate of drug-likeness (QED) is 0.833. The molecular formula is C17H19ClFNO. The van der Waals surface area contributed by atoms with Crippen molar-refractivity contribution in [3.8, 4) is 5.75 Å². The highest BCUT2D eigenvalue weighted by Gasteiger charge is 2.10. The third-order valence-corrected chi connectivity index (χ3v) is 3.72. The molecule has 0 aliphatic carbocycles. The van der Waals surface area contributed by atoms with E-state index in [1.165, 1.54) is 6.07 Å². The monoisotopic (exact) mass is 307 g/mol. The fourth-order valence-corrected chi connectivity index (χ4v) is 2.39. The molecule has 2 nitrogen and oxygen atoms in total. The Labute approximate surface area is 129 Å². The van der Waals surface area contributed by atoms with Gasteiger partial charge < -0.3 is 10.1 Å². The first-order valence-electron chi connectivity index (χ1n) is 6.95. The average molecular weight is 308 g/mol. The van der Waals surface area contributed by atoms with E-state index in [0.29, 0.717) is 17.1 Å². The largest absolute Gasteiger partial charge is 0.497 e. The van der Waals surface area contributed by atoms with Gasteiger partial charge in [-0.25, -0.2) is 4.39 Å². The van der Waals surface area contributed by atoms with Gasteiger partial charge in [0.25, 0.3) is 0 Å². The summed E-state index contributed by atoms with van der Waals surface area (Å²) in [5, 5.41) is 3.79. The van der Waals surface area contributed by atoms with Gasteiger partial charge >= 0.3 is 0 Å². The van der Waals surface area contributed by atoms with Crippen molar-refractivity contribution in [3.05, 3.63) is 64.4 Å². The maximum Gasteiger partial charge on any atom is 0.129 e. The molecule has 0 saturated carbocycles. The fraction of sp³-hybridized carbons (Fsp3) is 0.294. The van der Waals surface area contributed by atoms with Crippen molar-refractivity contribution < 1.29 is 9.13 Å². The van der Waals surface area contributed by atoms with E-state index in [1.54, 1.807) is 19.2 Å². The van der Waals surface area contributed by atoms with Gasteiger partial charge in [-0.3, -0.25) is 0 Å². The van der Waals surface area contributed by atoms with E-state index in [-0.39, 0.29) is 11.9 Å². The van der Waals surface area contributed by atoms with Crippen molar-refractivity contribution in [2.75, 3.05) is 7.11 Å². The van der Waals surface area contributed by atoms with Crippen LogP contribution < -0.4 is 10.1 Å². The summed E-state index contributed by atoms with van der Waals surface area (Å²) in [4.78, 5) is 0. The van der Waals surface area contributed by atoms with E-state index >= 15 is 0 Å². The zero-order valence-corrected chi connectivity index (χ0v) is 13.0. The molecule has 1 atom stereocenters. The molecule has 0 aliphatic rings. The van der Waals surface area contributed by atoms with Crippen molar-refractivity contribution in [2.24, 2.45) is 0 Å². The van der Waals surface area contributed by atoms with Crippen LogP contribution in [0, 0.1) is 5.82 Å². The Kier molecular flexibility index (Phi) is 5.59. The number of benzene rings is 2. The van der Waals surface area contributed by atoms with Gasteiger partial charge in [-0.15, -0.1) is 0 Å². The highest BCUT2D eigenvalue weighted by atomic mass is 35.5. The second-order valence-electron chi connectivity index (χ2n) is 4.85. The molecule has 1 N–H and O–H groups in total. The lowest BCUT2D eigenvalue weighted by molar-refractivity contribution is 0.414. The lowest BCUT2D eigenvalue weighted by Crippen LogP contribution is -2.20. The van der Waals surface area contributed by atoms with Crippen molar-refractivity contribution in [3.63, 3.8) is 0 Å². The summed E-state index contributed by atoms with van der Waals surface area (Å²) in [6.45, 7) is 2.56. The Morgan fingerprint density at radius 2 is 1.90 bits per heavy atom. The summed E-state index contributed by atoms with van der Waals surface area (Å²) in [6, 6.07) is 12.8. The summed E-state index contributed by atoms with van der Waals surface area (Å²) < 4.78 is 18.9. The SMILES string of the molecule is CCC(NCc1ccc(Cl)cc1F)c1ccc(OC)cc1. The Bertz CT molecular complexity index is 586. The normalized spacial score (nSPS) is 12.2. The standard InChI is InChI=1S/C17H19ClFNO/c1-3-17(12-5-8-15(21-2)9-6-12)20-11-13-4-7-14(18)10-16(13)19/h4-10,17,20H,3,11H2,1-2H3. The maximum atomic E-state index is 13.8. The molecule has 2 aromatic rings. The topological polar surface area (TPSA) is 21.3 Å². The second kappa shape index (κ2) is 7.43. The Hall–Kier alpha value is -1.58. The predicted octanol–water partition coefficient (Wildman–Crippen LogP) is 4.73. The minimum absolute atomic E-state index is 0.172. The number of methoxy groups -OCH3 is 1. The Morgan fingerprint density at radius 3 is 2.48 bits per heavy atom. The van der Waals surface area contributed by atoms with Crippen molar-refractivity contribution in [2.45, 2.75) is 25.9 Å². The molecule has 0 amide bonds. The molecule has 21 heavy (non-hydrogen) atoms. The van der Waals surface area contributed by atoms with Gasteiger partial charge in [0.1, 0.15) is 11.6 Å². The second-order valence-corrected chi connectivity index (χ2v) is 5.29. The third kappa shape index (κ3) is 4.19. The molecule has 112 valence electrons. The maximum absolute atomic E-state index is 13.8. The summed E-state index contributed by atoms with van der Waals surface area (Å²) in [7, 11) is 1.65. The lowest BCUT2D eigenvalue weighted by Gasteiger charge is -2.18. The molecule has 4 heteroatoms. The van der Waals surface area contributed by atoms with Gasteiger partial charge in [-0.1, -0.05) is 36.7 Å². The molecule has 0 fully saturated rings. The molecule has 1 unspecified atom stereocenters. The van der Waals surface area contributed by atoms with Gasteiger partial charge in [0.2, 0.25) is 0 Å². The molecule has 0 saturated heterocycles. The van der Waals surface area contributed by atoms with E-state index in [4.69, 9.17) is 16.3 Å². The Morgan fingerprint density at radius 1 is 1.19 bits per heavy atom. The number of ether oxygens (including phenoxy) is 1. The Balaban J connectivity index is 2.04. The first-order chi connectivity index (χ1) is 10.1. The number of hydrogen-bond donors (Lipinski definition) is 1. The average Bonchev–Trinajstić information content (AvgIpc) is 2.50. The van der Waals surface area contributed by atoms with E-state index < -0.39 is 0 Å². The zero-order chi connectivity index (χ0) is 15.2. The van der Waals surface area contributed by atoms with Crippen LogP contribution in [0.3, 0.4) is 0 Å². The van der Waals surface area contributed by atoms with Gasteiger partial charge in [0.15, 0.2) is 0 Å². The van der Waals surface area contributed by atoms with Crippen LogP contribution in [-0.2, 0) is 6.54 Å². The van der Waals surface area contributed by atoms with Gasteiger partial charge in [-0.2, -0.15) is 0 Å².